The molecule has 0 aliphatic rings. The van der Waals surface area contributed by atoms with Gasteiger partial charge >= 0.3 is 0 Å². The van der Waals surface area contributed by atoms with E-state index in [2.05, 4.69) is 42.7 Å². The number of hydrogen-bond acceptors (Lipinski definition) is 3. The van der Waals surface area contributed by atoms with Gasteiger partial charge in [0.2, 0.25) is 10.0 Å². The molecule has 0 aliphatic heterocycles. The molecular weight excluding hydrogens is 432 g/mol. The average molecular weight is 461 g/mol. The summed E-state index contributed by atoms with van der Waals surface area (Å²) in [6, 6.07) is 23.3. The Labute approximate surface area is 196 Å². The molecule has 0 saturated heterocycles. The van der Waals surface area contributed by atoms with E-state index >= 15 is 0 Å². The lowest BCUT2D eigenvalue weighted by Gasteiger charge is -2.19. The predicted octanol–water partition coefficient (Wildman–Crippen LogP) is 4.24. The van der Waals surface area contributed by atoms with Gasteiger partial charge in [-0.15, -0.1) is 0 Å². The quantitative estimate of drug-likeness (QED) is 0.540. The van der Waals surface area contributed by atoms with Crippen molar-refractivity contribution in [3.63, 3.8) is 0 Å². The molecule has 0 fully saturated rings. The lowest BCUT2D eigenvalue weighted by Crippen LogP contribution is -2.24. The minimum absolute atomic E-state index is 0.0434. The summed E-state index contributed by atoms with van der Waals surface area (Å²) in [7, 11) is -3.63. The Hall–Kier alpha value is -3.40. The summed E-state index contributed by atoms with van der Waals surface area (Å²) in [6.07, 6.45) is 0. The van der Waals surface area contributed by atoms with Gasteiger partial charge in [-0.3, -0.25) is 4.79 Å². The minimum Gasteiger partial charge on any atom is -0.341 e. The SMILES string of the molecule is CC(C)(C)c1ccc(S(=O)(=O)NCc2ccc(C(=O)NCC#Cc3ccccc3)cc2)cc1. The Morgan fingerprint density at radius 3 is 2.12 bits per heavy atom. The van der Waals surface area contributed by atoms with Gasteiger partial charge in [0.25, 0.3) is 5.91 Å². The molecule has 6 heteroatoms. The van der Waals surface area contributed by atoms with Gasteiger partial charge in [0, 0.05) is 17.7 Å². The van der Waals surface area contributed by atoms with Crippen LogP contribution in [0.5, 0.6) is 0 Å². The fourth-order valence-corrected chi connectivity index (χ4v) is 4.08. The van der Waals surface area contributed by atoms with Gasteiger partial charge in [0.05, 0.1) is 11.4 Å². The number of nitrogens with one attached hydrogen (secondary N) is 2. The third-order valence-corrected chi connectivity index (χ3v) is 6.47. The van der Waals surface area contributed by atoms with Gasteiger partial charge in [-0.25, -0.2) is 13.1 Å². The highest BCUT2D eigenvalue weighted by atomic mass is 32.2. The molecule has 3 aromatic carbocycles. The molecule has 3 aromatic rings. The first-order valence-electron chi connectivity index (χ1n) is 10.7. The largest absolute Gasteiger partial charge is 0.341 e. The summed E-state index contributed by atoms with van der Waals surface area (Å²) < 4.78 is 27.8. The normalized spacial score (nSPS) is 11.4. The molecule has 170 valence electrons. The van der Waals surface area contributed by atoms with E-state index in [-0.39, 0.29) is 29.3 Å². The number of benzene rings is 3. The summed E-state index contributed by atoms with van der Waals surface area (Å²) in [6.45, 7) is 6.61. The summed E-state index contributed by atoms with van der Waals surface area (Å²) >= 11 is 0. The molecule has 3 rings (SSSR count). The number of rotatable bonds is 6. The lowest BCUT2D eigenvalue weighted by molar-refractivity contribution is 0.0958. The third-order valence-electron chi connectivity index (χ3n) is 5.06. The van der Waals surface area contributed by atoms with Crippen molar-refractivity contribution in [3.05, 3.63) is 101 Å². The molecule has 0 atom stereocenters. The molecule has 0 aliphatic carbocycles. The summed E-state index contributed by atoms with van der Waals surface area (Å²) in [5.74, 6) is 5.67. The zero-order valence-electron chi connectivity index (χ0n) is 19.1. The van der Waals surface area contributed by atoms with Crippen LogP contribution >= 0.6 is 0 Å². The summed E-state index contributed by atoms with van der Waals surface area (Å²) in [5.41, 5.74) is 3.16. The van der Waals surface area contributed by atoms with Crippen molar-refractivity contribution >= 4 is 15.9 Å². The third kappa shape index (κ3) is 7.04. The van der Waals surface area contributed by atoms with Gasteiger partial charge in [-0.2, -0.15) is 0 Å². The second-order valence-electron chi connectivity index (χ2n) is 8.65. The first kappa shape index (κ1) is 24.2. The lowest BCUT2D eigenvalue weighted by atomic mass is 9.87. The topological polar surface area (TPSA) is 75.3 Å². The van der Waals surface area contributed by atoms with Crippen LogP contribution in [0, 0.1) is 11.8 Å². The zero-order chi connectivity index (χ0) is 23.9. The maximum Gasteiger partial charge on any atom is 0.252 e. The maximum absolute atomic E-state index is 12.6. The van der Waals surface area contributed by atoms with Gasteiger partial charge in [-0.1, -0.05) is 75.1 Å². The van der Waals surface area contributed by atoms with Crippen molar-refractivity contribution in [2.24, 2.45) is 0 Å². The average Bonchev–Trinajstić information content (AvgIpc) is 2.81. The van der Waals surface area contributed by atoms with Crippen LogP contribution in [0.15, 0.2) is 83.8 Å². The van der Waals surface area contributed by atoms with Crippen molar-refractivity contribution in [2.75, 3.05) is 6.54 Å². The molecular formula is C27H28N2O3S. The van der Waals surface area contributed by atoms with E-state index in [9.17, 15) is 13.2 Å². The van der Waals surface area contributed by atoms with E-state index in [1.54, 1.807) is 36.4 Å². The van der Waals surface area contributed by atoms with Crippen molar-refractivity contribution < 1.29 is 13.2 Å². The van der Waals surface area contributed by atoms with Crippen LogP contribution in [0.1, 0.15) is 47.8 Å². The number of carbonyl (C=O) groups is 1. The van der Waals surface area contributed by atoms with Gasteiger partial charge < -0.3 is 5.32 Å². The van der Waals surface area contributed by atoms with Gasteiger partial charge in [0.15, 0.2) is 0 Å². The number of carbonyl (C=O) groups excluding carboxylic acids is 1. The smallest absolute Gasteiger partial charge is 0.252 e. The molecule has 1 amide bonds. The maximum atomic E-state index is 12.6. The molecule has 0 heterocycles. The second-order valence-corrected chi connectivity index (χ2v) is 10.4. The number of amides is 1. The van der Waals surface area contributed by atoms with E-state index in [4.69, 9.17) is 0 Å². The van der Waals surface area contributed by atoms with Crippen molar-refractivity contribution in [1.29, 1.82) is 0 Å². The van der Waals surface area contributed by atoms with Crippen LogP contribution < -0.4 is 10.0 Å². The Morgan fingerprint density at radius 2 is 1.52 bits per heavy atom. The van der Waals surface area contributed by atoms with Gasteiger partial charge in [0.1, 0.15) is 0 Å². The van der Waals surface area contributed by atoms with E-state index in [0.717, 1.165) is 16.7 Å². The van der Waals surface area contributed by atoms with E-state index in [1.165, 1.54) is 0 Å². The molecule has 0 aromatic heterocycles. The molecule has 0 radical (unpaired) electrons. The van der Waals surface area contributed by atoms with Crippen molar-refractivity contribution in [1.82, 2.24) is 10.0 Å². The van der Waals surface area contributed by atoms with Crippen LogP contribution in [0.25, 0.3) is 0 Å². The first-order valence-corrected chi connectivity index (χ1v) is 12.1. The van der Waals surface area contributed by atoms with Crippen molar-refractivity contribution in [2.45, 2.75) is 37.6 Å². The Balaban J connectivity index is 1.53. The van der Waals surface area contributed by atoms with Crippen LogP contribution in [0.2, 0.25) is 0 Å². The molecule has 2 N–H and O–H groups in total. The van der Waals surface area contributed by atoms with Crippen molar-refractivity contribution in [3.8, 4) is 11.8 Å². The van der Waals surface area contributed by atoms with Crippen LogP contribution in [0.4, 0.5) is 0 Å². The molecule has 0 spiro atoms. The molecule has 0 unspecified atom stereocenters. The van der Waals surface area contributed by atoms with E-state index in [1.807, 2.05) is 42.5 Å². The van der Waals surface area contributed by atoms with Crippen LogP contribution in [-0.2, 0) is 22.0 Å². The number of sulfonamides is 1. The fourth-order valence-electron chi connectivity index (χ4n) is 3.06. The van der Waals surface area contributed by atoms with Gasteiger partial charge in [-0.05, 0) is 52.9 Å². The predicted molar refractivity (Wildman–Crippen MR) is 131 cm³/mol. The molecule has 0 saturated carbocycles. The van der Waals surface area contributed by atoms with Crippen LogP contribution in [-0.4, -0.2) is 20.9 Å². The highest BCUT2D eigenvalue weighted by molar-refractivity contribution is 7.89. The zero-order valence-corrected chi connectivity index (χ0v) is 19.9. The highest BCUT2D eigenvalue weighted by Gasteiger charge is 2.17. The summed E-state index contributed by atoms with van der Waals surface area (Å²) in [5, 5.41) is 2.76. The fraction of sp³-hybridized carbons (Fsp3) is 0.222. The molecule has 33 heavy (non-hydrogen) atoms. The van der Waals surface area contributed by atoms with E-state index in [0.29, 0.717) is 5.56 Å². The van der Waals surface area contributed by atoms with Crippen LogP contribution in [0.3, 0.4) is 0 Å². The molecule has 5 nitrogen and oxygen atoms in total. The Kier molecular flexibility index (Phi) is 7.70. The first-order chi connectivity index (χ1) is 15.6. The Morgan fingerprint density at radius 1 is 0.879 bits per heavy atom. The standard InChI is InChI=1S/C27H28N2O3S/c1-27(2,3)24-15-17-25(18-16-24)33(31,32)29-20-22-11-13-23(14-12-22)26(30)28-19-7-10-21-8-5-4-6-9-21/h4-6,8-9,11-18,29H,19-20H2,1-3H3,(H,28,30). The minimum atomic E-state index is -3.63. The summed E-state index contributed by atoms with van der Waals surface area (Å²) in [4.78, 5) is 12.5. The van der Waals surface area contributed by atoms with E-state index < -0.39 is 10.0 Å². The number of hydrogen-bond donors (Lipinski definition) is 2. The second kappa shape index (κ2) is 10.5. The monoisotopic (exact) mass is 460 g/mol. The highest BCUT2D eigenvalue weighted by Crippen LogP contribution is 2.23. The molecule has 0 bridgehead atoms. The Bertz CT molecular complexity index is 1250.